The maximum atomic E-state index is 12.4. The molecule has 1 aromatic carbocycles. The molecule has 1 aliphatic heterocycles. The predicted octanol–water partition coefficient (Wildman–Crippen LogP) is 1.86. The van der Waals surface area contributed by atoms with Crippen molar-refractivity contribution in [1.82, 2.24) is 9.80 Å². The van der Waals surface area contributed by atoms with E-state index in [0.717, 1.165) is 26.2 Å². The molecule has 1 aromatic rings. The number of nitrogens with zero attached hydrogens (tertiary/aromatic N) is 2. The van der Waals surface area contributed by atoms with Gasteiger partial charge in [0.15, 0.2) is 0 Å². The van der Waals surface area contributed by atoms with Crippen molar-refractivity contribution in [3.8, 4) is 5.75 Å². The lowest BCUT2D eigenvalue weighted by molar-refractivity contribution is -0.274. The largest absolute Gasteiger partial charge is 0.573 e. The van der Waals surface area contributed by atoms with Crippen LogP contribution in [0, 0.1) is 0 Å². The second kappa shape index (κ2) is 16.3. The number of aliphatic carboxylic acids is 4. The molecule has 11 nitrogen and oxygen atoms in total. The van der Waals surface area contributed by atoms with E-state index < -0.39 is 30.2 Å². The summed E-state index contributed by atoms with van der Waals surface area (Å²) in [6.07, 6.45) is -1.54. The van der Waals surface area contributed by atoms with E-state index in [0.29, 0.717) is 12.0 Å². The standard InChI is InChI=1S/C17H25F3N2O.2C2H2O4/c1-2-21(13-14-22-10-5-6-11-22)12-9-15-7-3-4-8-16(15)23-17(18,19)20;2*3-1(4)2(5)6/h3-4,7-8H,2,5-6,9-14H2,1H3;2*(H,3,4)(H,5,6). The molecule has 35 heavy (non-hydrogen) atoms. The van der Waals surface area contributed by atoms with Crippen LogP contribution in [0.1, 0.15) is 25.3 Å². The van der Waals surface area contributed by atoms with E-state index in [9.17, 15) is 13.2 Å². The SMILES string of the molecule is CCN(CCc1ccccc1OC(F)(F)F)CCN1CCCC1.O=C(O)C(=O)O.O=C(O)C(=O)O. The summed E-state index contributed by atoms with van der Waals surface area (Å²) in [4.78, 5) is 41.1. The first kappa shape index (κ1) is 31.6. The summed E-state index contributed by atoms with van der Waals surface area (Å²) in [7, 11) is 0. The quantitative estimate of drug-likeness (QED) is 0.377. The normalized spacial score (nSPS) is 13.2. The summed E-state index contributed by atoms with van der Waals surface area (Å²) in [6, 6.07) is 6.40. The van der Waals surface area contributed by atoms with Crippen molar-refractivity contribution in [3.05, 3.63) is 29.8 Å². The Bertz CT molecular complexity index is 781. The molecule has 0 aliphatic carbocycles. The first-order valence-electron chi connectivity index (χ1n) is 10.5. The van der Waals surface area contributed by atoms with E-state index in [4.69, 9.17) is 39.6 Å². The average molecular weight is 510 g/mol. The zero-order valence-corrected chi connectivity index (χ0v) is 19.0. The minimum absolute atomic E-state index is 0.0874. The van der Waals surface area contributed by atoms with Crippen molar-refractivity contribution in [2.75, 3.05) is 39.3 Å². The zero-order valence-electron chi connectivity index (χ0n) is 19.0. The third kappa shape index (κ3) is 16.0. The number of para-hydroxylation sites is 1. The number of halogens is 3. The summed E-state index contributed by atoms with van der Waals surface area (Å²) in [5.41, 5.74) is 0.601. The average Bonchev–Trinajstić information content (AvgIpc) is 3.28. The highest BCUT2D eigenvalue weighted by molar-refractivity contribution is 6.27. The summed E-state index contributed by atoms with van der Waals surface area (Å²) in [5.74, 6) is -7.38. The summed E-state index contributed by atoms with van der Waals surface area (Å²) in [5, 5.41) is 29.6. The Morgan fingerprint density at radius 1 is 0.914 bits per heavy atom. The third-order valence-corrected chi connectivity index (χ3v) is 4.64. The Labute approximate surface area is 199 Å². The molecule has 0 spiro atoms. The lowest BCUT2D eigenvalue weighted by Crippen LogP contribution is -2.35. The lowest BCUT2D eigenvalue weighted by atomic mass is 10.1. The van der Waals surface area contributed by atoms with Gasteiger partial charge in [0.1, 0.15) is 5.75 Å². The second-order valence-electron chi connectivity index (χ2n) is 7.11. The number of hydrogen-bond acceptors (Lipinski definition) is 7. The molecule has 0 saturated carbocycles. The molecule has 0 amide bonds. The molecule has 1 heterocycles. The smallest absolute Gasteiger partial charge is 0.473 e. The molecule has 0 unspecified atom stereocenters. The molecule has 0 aromatic heterocycles. The predicted molar refractivity (Wildman–Crippen MR) is 115 cm³/mol. The Hall–Kier alpha value is -3.39. The van der Waals surface area contributed by atoms with E-state index in [1.165, 1.54) is 32.0 Å². The second-order valence-corrected chi connectivity index (χ2v) is 7.11. The number of hydrogen-bond donors (Lipinski definition) is 4. The van der Waals surface area contributed by atoms with Crippen LogP contribution in [0.3, 0.4) is 0 Å². The van der Waals surface area contributed by atoms with Gasteiger partial charge in [0.25, 0.3) is 0 Å². The van der Waals surface area contributed by atoms with Crippen LogP contribution in [0.5, 0.6) is 5.75 Å². The topological polar surface area (TPSA) is 165 Å². The fourth-order valence-electron chi connectivity index (χ4n) is 2.93. The van der Waals surface area contributed by atoms with E-state index >= 15 is 0 Å². The minimum atomic E-state index is -4.64. The highest BCUT2D eigenvalue weighted by Gasteiger charge is 2.31. The van der Waals surface area contributed by atoms with Gasteiger partial charge in [0.2, 0.25) is 0 Å². The van der Waals surface area contributed by atoms with E-state index in [1.807, 2.05) is 0 Å². The summed E-state index contributed by atoms with van der Waals surface area (Å²) < 4.78 is 41.4. The number of benzene rings is 1. The number of carboxylic acids is 4. The third-order valence-electron chi connectivity index (χ3n) is 4.64. The van der Waals surface area contributed by atoms with Gasteiger partial charge in [-0.15, -0.1) is 13.2 Å². The van der Waals surface area contributed by atoms with Crippen molar-refractivity contribution < 1.29 is 57.5 Å². The van der Waals surface area contributed by atoms with Gasteiger partial charge < -0.3 is 35.0 Å². The first-order valence-corrected chi connectivity index (χ1v) is 10.5. The van der Waals surface area contributed by atoms with Gasteiger partial charge in [-0.25, -0.2) is 19.2 Å². The van der Waals surface area contributed by atoms with Crippen molar-refractivity contribution in [2.24, 2.45) is 0 Å². The molecular weight excluding hydrogens is 481 g/mol. The number of likely N-dealkylation sites (tertiary alicyclic amines) is 1. The zero-order chi connectivity index (χ0) is 27.0. The molecule has 14 heteroatoms. The van der Waals surface area contributed by atoms with E-state index in [-0.39, 0.29) is 5.75 Å². The molecule has 0 radical (unpaired) electrons. The van der Waals surface area contributed by atoms with Gasteiger partial charge >= 0.3 is 30.2 Å². The number of alkyl halides is 3. The molecular formula is C21H29F3N2O9. The summed E-state index contributed by atoms with van der Waals surface area (Å²) in [6.45, 7) is 8.05. The number of likely N-dealkylation sites (N-methyl/N-ethyl adjacent to an activating group) is 1. The number of ether oxygens (including phenoxy) is 1. The maximum Gasteiger partial charge on any atom is 0.573 e. The first-order chi connectivity index (χ1) is 16.3. The molecule has 1 fully saturated rings. The number of rotatable bonds is 8. The fourth-order valence-corrected chi connectivity index (χ4v) is 2.93. The monoisotopic (exact) mass is 510 g/mol. The minimum Gasteiger partial charge on any atom is -0.473 e. The molecule has 0 bridgehead atoms. The highest BCUT2D eigenvalue weighted by Crippen LogP contribution is 2.26. The van der Waals surface area contributed by atoms with Crippen molar-refractivity contribution in [2.45, 2.75) is 32.5 Å². The van der Waals surface area contributed by atoms with Crippen LogP contribution in [0.15, 0.2) is 24.3 Å². The van der Waals surface area contributed by atoms with Crippen molar-refractivity contribution in [1.29, 1.82) is 0 Å². The van der Waals surface area contributed by atoms with Crippen LogP contribution in [0.25, 0.3) is 0 Å². The van der Waals surface area contributed by atoms with E-state index in [2.05, 4.69) is 21.5 Å². The number of carbonyl (C=O) groups is 4. The van der Waals surface area contributed by atoms with E-state index in [1.54, 1.807) is 18.2 Å². The van der Waals surface area contributed by atoms with Gasteiger partial charge in [-0.3, -0.25) is 0 Å². The number of carboxylic acid groups (broad SMARTS) is 4. The van der Waals surface area contributed by atoms with Crippen LogP contribution < -0.4 is 4.74 Å². The Kier molecular flexibility index (Phi) is 14.7. The van der Waals surface area contributed by atoms with Crippen LogP contribution in [-0.4, -0.2) is 99.7 Å². The van der Waals surface area contributed by atoms with Gasteiger partial charge in [0.05, 0.1) is 0 Å². The molecule has 1 saturated heterocycles. The van der Waals surface area contributed by atoms with Crippen LogP contribution >= 0.6 is 0 Å². The Morgan fingerprint density at radius 3 is 1.83 bits per heavy atom. The van der Waals surface area contributed by atoms with Crippen LogP contribution in [-0.2, 0) is 25.6 Å². The van der Waals surface area contributed by atoms with Crippen molar-refractivity contribution >= 4 is 23.9 Å². The lowest BCUT2D eigenvalue weighted by Gasteiger charge is -2.24. The summed E-state index contributed by atoms with van der Waals surface area (Å²) >= 11 is 0. The van der Waals surface area contributed by atoms with Gasteiger partial charge in [0, 0.05) is 19.6 Å². The van der Waals surface area contributed by atoms with Crippen molar-refractivity contribution in [3.63, 3.8) is 0 Å². The molecule has 0 atom stereocenters. The molecule has 198 valence electrons. The van der Waals surface area contributed by atoms with Crippen LogP contribution in [0.2, 0.25) is 0 Å². The van der Waals surface area contributed by atoms with Gasteiger partial charge in [-0.05, 0) is 50.5 Å². The molecule has 1 aliphatic rings. The molecule has 4 N–H and O–H groups in total. The maximum absolute atomic E-state index is 12.4. The fraction of sp³-hybridized carbons (Fsp3) is 0.524. The van der Waals surface area contributed by atoms with Gasteiger partial charge in [-0.1, -0.05) is 25.1 Å². The van der Waals surface area contributed by atoms with Crippen LogP contribution in [0.4, 0.5) is 13.2 Å². The Morgan fingerprint density at radius 2 is 1.40 bits per heavy atom. The van der Waals surface area contributed by atoms with Gasteiger partial charge in [-0.2, -0.15) is 0 Å². The Balaban J connectivity index is 0.000000797. The molecule has 2 rings (SSSR count). The highest BCUT2D eigenvalue weighted by atomic mass is 19.4.